The molecule has 20 heavy (non-hydrogen) atoms. The monoisotopic (exact) mass is 277 g/mol. The lowest BCUT2D eigenvalue weighted by atomic mass is 10.0. The van der Waals surface area contributed by atoms with E-state index < -0.39 is 4.92 Å². The standard InChI is InChI=1S/C14H19N3O3/c1-10(2)13(9-15)16-14(18)8-5-11-3-6-12(7-4-11)17(19)20/h3-8,10,13H,9,15H2,1-2H3,(H,16,18). The fourth-order valence-corrected chi connectivity index (χ4v) is 1.61. The molecule has 3 N–H and O–H groups in total. The Labute approximate surface area is 117 Å². The van der Waals surface area contributed by atoms with Crippen LogP contribution in [0.25, 0.3) is 6.08 Å². The SMILES string of the molecule is CC(C)C(CN)NC(=O)C=Cc1ccc([N+](=O)[O-])cc1. The Kier molecular flexibility index (Phi) is 5.86. The Bertz CT molecular complexity index is 495. The van der Waals surface area contributed by atoms with Crippen molar-refractivity contribution in [1.29, 1.82) is 0 Å². The van der Waals surface area contributed by atoms with Crippen molar-refractivity contribution in [3.05, 3.63) is 46.0 Å². The van der Waals surface area contributed by atoms with Crippen molar-refractivity contribution in [2.24, 2.45) is 11.7 Å². The van der Waals surface area contributed by atoms with Gasteiger partial charge in [-0.1, -0.05) is 13.8 Å². The lowest BCUT2D eigenvalue weighted by molar-refractivity contribution is -0.384. The minimum absolute atomic E-state index is 0.0228. The van der Waals surface area contributed by atoms with Gasteiger partial charge in [-0.25, -0.2) is 0 Å². The first kappa shape index (κ1) is 15.8. The largest absolute Gasteiger partial charge is 0.348 e. The number of hydrogen-bond acceptors (Lipinski definition) is 4. The zero-order chi connectivity index (χ0) is 15.1. The van der Waals surface area contributed by atoms with Crippen LogP contribution < -0.4 is 11.1 Å². The minimum Gasteiger partial charge on any atom is -0.348 e. The summed E-state index contributed by atoms with van der Waals surface area (Å²) in [5.74, 6) is 0.0317. The highest BCUT2D eigenvalue weighted by atomic mass is 16.6. The molecule has 1 rings (SSSR count). The molecule has 0 spiro atoms. The van der Waals surface area contributed by atoms with Gasteiger partial charge in [-0.2, -0.15) is 0 Å². The average Bonchev–Trinajstić information content (AvgIpc) is 2.42. The van der Waals surface area contributed by atoms with E-state index in [9.17, 15) is 14.9 Å². The van der Waals surface area contributed by atoms with Gasteiger partial charge < -0.3 is 11.1 Å². The summed E-state index contributed by atoms with van der Waals surface area (Å²) in [6.07, 6.45) is 3.00. The molecule has 0 aliphatic rings. The molecule has 6 heteroatoms. The summed E-state index contributed by atoms with van der Waals surface area (Å²) in [6, 6.07) is 5.90. The summed E-state index contributed by atoms with van der Waals surface area (Å²) in [6.45, 7) is 4.35. The summed E-state index contributed by atoms with van der Waals surface area (Å²) in [5.41, 5.74) is 6.32. The molecule has 1 amide bonds. The van der Waals surface area contributed by atoms with Crippen LogP contribution in [0, 0.1) is 16.0 Å². The molecule has 108 valence electrons. The molecule has 1 atom stereocenters. The molecule has 6 nitrogen and oxygen atoms in total. The van der Waals surface area contributed by atoms with Gasteiger partial charge in [-0.3, -0.25) is 14.9 Å². The molecule has 0 bridgehead atoms. The zero-order valence-corrected chi connectivity index (χ0v) is 11.6. The Morgan fingerprint density at radius 1 is 1.40 bits per heavy atom. The van der Waals surface area contributed by atoms with E-state index in [4.69, 9.17) is 5.73 Å². The van der Waals surface area contributed by atoms with Gasteiger partial charge >= 0.3 is 0 Å². The molecule has 0 radical (unpaired) electrons. The third-order valence-corrected chi connectivity index (χ3v) is 2.92. The van der Waals surface area contributed by atoms with E-state index in [-0.39, 0.29) is 23.6 Å². The number of benzene rings is 1. The van der Waals surface area contributed by atoms with Crippen molar-refractivity contribution in [2.45, 2.75) is 19.9 Å². The van der Waals surface area contributed by atoms with Crippen LogP contribution in [0.3, 0.4) is 0 Å². The van der Waals surface area contributed by atoms with Gasteiger partial charge in [-0.15, -0.1) is 0 Å². The molecule has 0 aliphatic carbocycles. The number of nitro groups is 1. The number of nitrogens with one attached hydrogen (secondary N) is 1. The Balaban J connectivity index is 2.63. The maximum Gasteiger partial charge on any atom is 0.269 e. The van der Waals surface area contributed by atoms with Crippen LogP contribution in [-0.2, 0) is 4.79 Å². The summed E-state index contributed by atoms with van der Waals surface area (Å²) in [7, 11) is 0. The van der Waals surface area contributed by atoms with E-state index in [0.29, 0.717) is 6.54 Å². The van der Waals surface area contributed by atoms with Gasteiger partial charge in [0.2, 0.25) is 5.91 Å². The minimum atomic E-state index is -0.464. The second-order valence-corrected chi connectivity index (χ2v) is 4.78. The van der Waals surface area contributed by atoms with Crippen molar-refractivity contribution in [2.75, 3.05) is 6.54 Å². The highest BCUT2D eigenvalue weighted by Gasteiger charge is 2.12. The number of nitro benzene ring substituents is 1. The first-order chi connectivity index (χ1) is 9.43. The van der Waals surface area contributed by atoms with Crippen LogP contribution in [0.5, 0.6) is 0 Å². The van der Waals surface area contributed by atoms with Crippen LogP contribution in [0.2, 0.25) is 0 Å². The third kappa shape index (κ3) is 4.81. The van der Waals surface area contributed by atoms with Gasteiger partial charge in [-0.05, 0) is 29.7 Å². The van der Waals surface area contributed by atoms with Crippen LogP contribution in [0.15, 0.2) is 30.3 Å². The maximum atomic E-state index is 11.7. The fraction of sp³-hybridized carbons (Fsp3) is 0.357. The predicted molar refractivity (Wildman–Crippen MR) is 78.0 cm³/mol. The summed E-state index contributed by atoms with van der Waals surface area (Å²) < 4.78 is 0. The quantitative estimate of drug-likeness (QED) is 0.470. The summed E-state index contributed by atoms with van der Waals surface area (Å²) in [4.78, 5) is 21.7. The van der Waals surface area contributed by atoms with Gasteiger partial charge in [0.15, 0.2) is 0 Å². The van der Waals surface area contributed by atoms with Gasteiger partial charge in [0.1, 0.15) is 0 Å². The zero-order valence-electron chi connectivity index (χ0n) is 11.6. The van der Waals surface area contributed by atoms with E-state index in [2.05, 4.69) is 5.32 Å². The van der Waals surface area contributed by atoms with Gasteiger partial charge in [0, 0.05) is 30.8 Å². The molecule has 0 saturated carbocycles. The normalized spacial score (nSPS) is 12.6. The summed E-state index contributed by atoms with van der Waals surface area (Å²) in [5, 5.41) is 13.3. The molecule has 1 aromatic rings. The molecular formula is C14H19N3O3. The highest BCUT2D eigenvalue weighted by Crippen LogP contribution is 2.12. The van der Waals surface area contributed by atoms with E-state index in [1.165, 1.54) is 18.2 Å². The van der Waals surface area contributed by atoms with Crippen molar-refractivity contribution in [3.8, 4) is 0 Å². The molecule has 0 aromatic heterocycles. The van der Waals surface area contributed by atoms with Crippen LogP contribution in [0.4, 0.5) is 5.69 Å². The molecule has 0 fully saturated rings. The number of nitrogens with two attached hydrogens (primary N) is 1. The molecule has 1 unspecified atom stereocenters. The second-order valence-electron chi connectivity index (χ2n) is 4.78. The highest BCUT2D eigenvalue weighted by molar-refractivity contribution is 5.91. The molecule has 1 aromatic carbocycles. The number of rotatable bonds is 6. The van der Waals surface area contributed by atoms with Gasteiger partial charge in [0.05, 0.1) is 4.92 Å². The number of nitrogens with zero attached hydrogens (tertiary/aromatic N) is 1. The number of carbonyl (C=O) groups excluding carboxylic acids is 1. The third-order valence-electron chi connectivity index (χ3n) is 2.92. The van der Waals surface area contributed by atoms with E-state index >= 15 is 0 Å². The van der Waals surface area contributed by atoms with Crippen LogP contribution in [0.1, 0.15) is 19.4 Å². The lowest BCUT2D eigenvalue weighted by Gasteiger charge is -2.19. The first-order valence-corrected chi connectivity index (χ1v) is 6.37. The second kappa shape index (κ2) is 7.40. The predicted octanol–water partition coefficient (Wildman–Crippen LogP) is 1.71. The Morgan fingerprint density at radius 2 is 2.00 bits per heavy atom. The average molecular weight is 277 g/mol. The smallest absolute Gasteiger partial charge is 0.269 e. The maximum absolute atomic E-state index is 11.7. The van der Waals surface area contributed by atoms with Crippen molar-refractivity contribution < 1.29 is 9.72 Å². The van der Waals surface area contributed by atoms with E-state index in [0.717, 1.165) is 5.56 Å². The van der Waals surface area contributed by atoms with Crippen molar-refractivity contribution >= 4 is 17.7 Å². The number of hydrogen-bond donors (Lipinski definition) is 2. The van der Waals surface area contributed by atoms with Crippen LogP contribution >= 0.6 is 0 Å². The molecular weight excluding hydrogens is 258 g/mol. The number of non-ortho nitro benzene ring substituents is 1. The number of amides is 1. The van der Waals surface area contributed by atoms with E-state index in [1.807, 2.05) is 13.8 Å². The Hall–Kier alpha value is -2.21. The van der Waals surface area contributed by atoms with Crippen molar-refractivity contribution in [3.63, 3.8) is 0 Å². The van der Waals surface area contributed by atoms with E-state index in [1.54, 1.807) is 18.2 Å². The Morgan fingerprint density at radius 3 is 2.45 bits per heavy atom. The first-order valence-electron chi connectivity index (χ1n) is 6.37. The number of carbonyl (C=O) groups is 1. The lowest BCUT2D eigenvalue weighted by Crippen LogP contribution is -2.42. The topological polar surface area (TPSA) is 98.3 Å². The molecule has 0 saturated heterocycles. The summed E-state index contributed by atoms with van der Waals surface area (Å²) >= 11 is 0. The van der Waals surface area contributed by atoms with Gasteiger partial charge in [0.25, 0.3) is 5.69 Å². The van der Waals surface area contributed by atoms with Crippen LogP contribution in [-0.4, -0.2) is 23.4 Å². The fourth-order valence-electron chi connectivity index (χ4n) is 1.61. The molecule has 0 aliphatic heterocycles. The van der Waals surface area contributed by atoms with Crippen molar-refractivity contribution in [1.82, 2.24) is 5.32 Å². The molecule has 0 heterocycles.